The monoisotopic (exact) mass is 216 g/mol. The molecule has 0 N–H and O–H groups in total. The van der Waals surface area contributed by atoms with Gasteiger partial charge in [0.25, 0.3) is 0 Å². The van der Waals surface area contributed by atoms with Crippen molar-refractivity contribution in [3.05, 3.63) is 0 Å². The van der Waals surface area contributed by atoms with Crippen LogP contribution < -0.4 is 0 Å². The second kappa shape index (κ2) is 5.86. The molecule has 2 heteroatoms. The van der Waals surface area contributed by atoms with Gasteiger partial charge in [0.1, 0.15) is 0 Å². The van der Waals surface area contributed by atoms with Gasteiger partial charge in [-0.25, -0.2) is 0 Å². The lowest BCUT2D eigenvalue weighted by Gasteiger charge is -2.30. The van der Waals surface area contributed by atoms with E-state index in [2.05, 4.69) is 48.5 Å². The lowest BCUT2D eigenvalue weighted by molar-refractivity contribution is -0.0996. The first-order chi connectivity index (χ1) is 6.71. The maximum absolute atomic E-state index is 5.81. The smallest absolute Gasteiger partial charge is 0.0708 e. The van der Waals surface area contributed by atoms with Gasteiger partial charge in [0.15, 0.2) is 0 Å². The van der Waals surface area contributed by atoms with E-state index in [1.807, 2.05) is 0 Å². The quantitative estimate of drug-likeness (QED) is 0.605. The minimum Gasteiger partial charge on any atom is -0.373 e. The van der Waals surface area contributed by atoms with Crippen LogP contribution in [-0.4, -0.2) is 24.4 Å². The third-order valence-electron chi connectivity index (χ3n) is 3.29. The van der Waals surface area contributed by atoms with E-state index < -0.39 is 0 Å². The Kier molecular flexibility index (Phi) is 5.82. The highest BCUT2D eigenvalue weighted by Gasteiger charge is 2.23. The lowest BCUT2D eigenvalue weighted by atomic mass is 9.95. The predicted octanol–water partition coefficient (Wildman–Crippen LogP) is 3.64. The van der Waals surface area contributed by atoms with Gasteiger partial charge in [-0.3, -0.25) is 0 Å². The van der Waals surface area contributed by atoms with Crippen LogP contribution in [0, 0.1) is 5.92 Å². The normalized spacial score (nSPS) is 13.6. The van der Waals surface area contributed by atoms with Crippen molar-refractivity contribution in [3.8, 4) is 0 Å². The summed E-state index contributed by atoms with van der Waals surface area (Å²) < 4.78 is 11.5. The SMILES string of the molecule is CCC(C)(C)OCCOC(C)(C)C(C)C. The van der Waals surface area contributed by atoms with Crippen LogP contribution in [0.15, 0.2) is 0 Å². The molecular weight excluding hydrogens is 188 g/mol. The summed E-state index contributed by atoms with van der Waals surface area (Å²) in [6, 6.07) is 0. The van der Waals surface area contributed by atoms with E-state index in [1.54, 1.807) is 0 Å². The van der Waals surface area contributed by atoms with E-state index in [0.717, 1.165) is 6.42 Å². The van der Waals surface area contributed by atoms with Crippen LogP contribution in [0.5, 0.6) is 0 Å². The molecule has 0 aliphatic carbocycles. The summed E-state index contributed by atoms with van der Waals surface area (Å²) in [7, 11) is 0. The molecule has 0 fully saturated rings. The van der Waals surface area contributed by atoms with Gasteiger partial charge in [0.2, 0.25) is 0 Å². The van der Waals surface area contributed by atoms with Crippen molar-refractivity contribution < 1.29 is 9.47 Å². The van der Waals surface area contributed by atoms with Gasteiger partial charge < -0.3 is 9.47 Å². The Morgan fingerprint density at radius 1 is 0.933 bits per heavy atom. The summed E-state index contributed by atoms with van der Waals surface area (Å²) in [5, 5.41) is 0. The Bertz CT molecular complexity index is 171. The van der Waals surface area contributed by atoms with Crippen LogP contribution in [0.2, 0.25) is 0 Å². The molecule has 0 saturated carbocycles. The summed E-state index contributed by atoms with van der Waals surface area (Å²) in [4.78, 5) is 0. The molecule has 0 saturated heterocycles. The molecule has 15 heavy (non-hydrogen) atoms. The van der Waals surface area contributed by atoms with Gasteiger partial charge >= 0.3 is 0 Å². The third kappa shape index (κ3) is 6.16. The third-order valence-corrected chi connectivity index (χ3v) is 3.29. The van der Waals surface area contributed by atoms with Gasteiger partial charge in [-0.2, -0.15) is 0 Å². The van der Waals surface area contributed by atoms with E-state index in [-0.39, 0.29) is 11.2 Å². The van der Waals surface area contributed by atoms with Crippen LogP contribution in [0.25, 0.3) is 0 Å². The highest BCUT2D eigenvalue weighted by atomic mass is 16.5. The van der Waals surface area contributed by atoms with Gasteiger partial charge in [-0.15, -0.1) is 0 Å². The van der Waals surface area contributed by atoms with Crippen molar-refractivity contribution in [2.75, 3.05) is 13.2 Å². The Balaban J connectivity index is 3.72. The second-order valence-electron chi connectivity index (χ2n) is 5.57. The van der Waals surface area contributed by atoms with Crippen LogP contribution in [0.3, 0.4) is 0 Å². The molecule has 0 bridgehead atoms. The molecular formula is C13H28O2. The summed E-state index contributed by atoms with van der Waals surface area (Å²) in [5.74, 6) is 0.525. The first kappa shape index (κ1) is 14.9. The van der Waals surface area contributed by atoms with E-state index in [4.69, 9.17) is 9.47 Å². The minimum absolute atomic E-state index is 0.0225. The van der Waals surface area contributed by atoms with Gasteiger partial charge in [-0.05, 0) is 40.0 Å². The average Bonchev–Trinajstić information content (AvgIpc) is 2.12. The van der Waals surface area contributed by atoms with E-state index in [9.17, 15) is 0 Å². The molecule has 0 aromatic heterocycles. The van der Waals surface area contributed by atoms with Crippen molar-refractivity contribution >= 4 is 0 Å². The Morgan fingerprint density at radius 2 is 1.40 bits per heavy atom. The molecule has 0 rings (SSSR count). The van der Waals surface area contributed by atoms with Gasteiger partial charge in [0, 0.05) is 0 Å². The van der Waals surface area contributed by atoms with Crippen LogP contribution >= 0.6 is 0 Å². The Labute approximate surface area is 95.3 Å². The van der Waals surface area contributed by atoms with Crippen molar-refractivity contribution in [1.29, 1.82) is 0 Å². The zero-order valence-corrected chi connectivity index (χ0v) is 11.5. The fourth-order valence-electron chi connectivity index (χ4n) is 0.891. The largest absolute Gasteiger partial charge is 0.373 e. The predicted molar refractivity (Wildman–Crippen MR) is 65.2 cm³/mol. The fraction of sp³-hybridized carbons (Fsp3) is 1.00. The van der Waals surface area contributed by atoms with Gasteiger partial charge in [-0.1, -0.05) is 20.8 Å². The summed E-state index contributed by atoms with van der Waals surface area (Å²) in [6.45, 7) is 16.3. The van der Waals surface area contributed by atoms with E-state index in [0.29, 0.717) is 19.1 Å². The van der Waals surface area contributed by atoms with Crippen molar-refractivity contribution in [2.24, 2.45) is 5.92 Å². The maximum Gasteiger partial charge on any atom is 0.0708 e. The Hall–Kier alpha value is -0.0800. The Morgan fingerprint density at radius 3 is 1.80 bits per heavy atom. The van der Waals surface area contributed by atoms with Crippen molar-refractivity contribution in [1.82, 2.24) is 0 Å². The molecule has 0 heterocycles. The highest BCUT2D eigenvalue weighted by Crippen LogP contribution is 2.20. The standard InChI is InChI=1S/C13H28O2/c1-8-12(4,5)14-9-10-15-13(6,7)11(2)3/h11H,8-10H2,1-7H3. The van der Waals surface area contributed by atoms with Gasteiger partial charge in [0.05, 0.1) is 24.4 Å². The van der Waals surface area contributed by atoms with Crippen molar-refractivity contribution in [2.45, 2.75) is 66.1 Å². The molecule has 92 valence electrons. The molecule has 0 unspecified atom stereocenters. The highest BCUT2D eigenvalue weighted by molar-refractivity contribution is 4.72. The number of hydrogen-bond acceptors (Lipinski definition) is 2. The molecule has 2 nitrogen and oxygen atoms in total. The van der Waals surface area contributed by atoms with Crippen LogP contribution in [0.4, 0.5) is 0 Å². The number of rotatable bonds is 7. The minimum atomic E-state index is -0.0558. The first-order valence-electron chi connectivity index (χ1n) is 5.99. The molecule has 0 amide bonds. The number of ether oxygens (including phenoxy) is 2. The molecule has 0 aromatic rings. The summed E-state index contributed by atoms with van der Waals surface area (Å²) in [5.41, 5.74) is -0.0783. The fourth-order valence-corrected chi connectivity index (χ4v) is 0.891. The zero-order valence-electron chi connectivity index (χ0n) is 11.5. The molecule has 0 aliphatic heterocycles. The van der Waals surface area contributed by atoms with E-state index in [1.165, 1.54) is 0 Å². The van der Waals surface area contributed by atoms with Crippen LogP contribution in [-0.2, 0) is 9.47 Å². The molecule has 0 radical (unpaired) electrons. The maximum atomic E-state index is 5.81. The molecule has 0 aromatic carbocycles. The summed E-state index contributed by atoms with van der Waals surface area (Å²) >= 11 is 0. The lowest BCUT2D eigenvalue weighted by Crippen LogP contribution is -2.33. The molecule has 0 aliphatic rings. The van der Waals surface area contributed by atoms with Crippen molar-refractivity contribution in [3.63, 3.8) is 0 Å². The van der Waals surface area contributed by atoms with Crippen LogP contribution in [0.1, 0.15) is 54.9 Å². The average molecular weight is 216 g/mol. The second-order valence-corrected chi connectivity index (χ2v) is 5.57. The summed E-state index contributed by atoms with van der Waals surface area (Å²) in [6.07, 6.45) is 1.03. The number of hydrogen-bond donors (Lipinski definition) is 0. The van der Waals surface area contributed by atoms with E-state index >= 15 is 0 Å². The zero-order chi connectivity index (χ0) is 12.1. The molecule has 0 atom stereocenters. The molecule has 0 spiro atoms. The topological polar surface area (TPSA) is 18.5 Å². The first-order valence-corrected chi connectivity index (χ1v) is 5.99.